The fraction of sp³-hybridized carbons (Fsp3) is 0.136. The summed E-state index contributed by atoms with van der Waals surface area (Å²) in [6.45, 7) is 0.417. The van der Waals surface area contributed by atoms with Crippen LogP contribution < -0.4 is 10.7 Å². The lowest BCUT2D eigenvalue weighted by molar-refractivity contribution is 0.594. The van der Waals surface area contributed by atoms with Crippen molar-refractivity contribution in [3.05, 3.63) is 94.5 Å². The van der Waals surface area contributed by atoms with Crippen LogP contribution in [0.1, 0.15) is 11.1 Å². The Balaban J connectivity index is 1.63. The molecule has 4 rings (SSSR count). The molecule has 7 nitrogen and oxygen atoms in total. The van der Waals surface area contributed by atoms with Crippen LogP contribution in [0.5, 0.6) is 0 Å². The van der Waals surface area contributed by atoms with E-state index in [2.05, 4.69) is 4.98 Å². The van der Waals surface area contributed by atoms with Crippen LogP contribution in [-0.4, -0.2) is 23.0 Å². The SMILES string of the molecule is NS(=O)(=O)c1ccc(CCn2c(SCc3cccnc3)nc3ccccc3c2=O)cc1. The Morgan fingerprint density at radius 1 is 0.968 bits per heavy atom. The molecule has 0 unspecified atom stereocenters. The van der Waals surface area contributed by atoms with E-state index in [1.807, 2.05) is 30.3 Å². The molecule has 31 heavy (non-hydrogen) atoms. The molecule has 2 N–H and O–H groups in total. The van der Waals surface area contributed by atoms with Crippen LogP contribution in [0.4, 0.5) is 0 Å². The van der Waals surface area contributed by atoms with Gasteiger partial charge in [0.05, 0.1) is 15.8 Å². The van der Waals surface area contributed by atoms with Gasteiger partial charge in [0.1, 0.15) is 0 Å². The highest BCUT2D eigenvalue weighted by Gasteiger charge is 2.13. The maximum atomic E-state index is 13.2. The lowest BCUT2D eigenvalue weighted by Crippen LogP contribution is -2.24. The average molecular weight is 453 g/mol. The standard InChI is InChI=1S/C22H20N4O3S2/c23-31(28,29)18-9-7-16(8-10-18)11-13-26-21(27)19-5-1-2-6-20(19)25-22(26)30-15-17-4-3-12-24-14-17/h1-10,12,14H,11,13,15H2,(H2,23,28,29). The van der Waals surface area contributed by atoms with Gasteiger partial charge in [0.25, 0.3) is 5.56 Å². The molecule has 0 saturated heterocycles. The number of aryl methyl sites for hydroxylation is 1. The normalized spacial score (nSPS) is 11.6. The number of thioether (sulfide) groups is 1. The third-order valence-electron chi connectivity index (χ3n) is 4.79. The molecule has 2 aromatic heterocycles. The van der Waals surface area contributed by atoms with Gasteiger partial charge in [-0.2, -0.15) is 0 Å². The molecule has 0 aliphatic carbocycles. The Morgan fingerprint density at radius 3 is 2.45 bits per heavy atom. The largest absolute Gasteiger partial charge is 0.287 e. The zero-order chi connectivity index (χ0) is 21.8. The second-order valence-electron chi connectivity index (χ2n) is 6.96. The molecule has 0 aliphatic rings. The second-order valence-corrected chi connectivity index (χ2v) is 9.46. The van der Waals surface area contributed by atoms with Gasteiger partial charge in [-0.3, -0.25) is 14.3 Å². The summed E-state index contributed by atoms with van der Waals surface area (Å²) < 4.78 is 24.6. The number of para-hydroxylation sites is 1. The van der Waals surface area contributed by atoms with Crippen LogP contribution in [0.15, 0.2) is 87.9 Å². The molecule has 0 saturated carbocycles. The third kappa shape index (κ3) is 5.01. The molecule has 0 atom stereocenters. The summed E-state index contributed by atoms with van der Waals surface area (Å²) in [4.78, 5) is 22.1. The van der Waals surface area contributed by atoms with Gasteiger partial charge in [0.15, 0.2) is 5.16 Å². The van der Waals surface area contributed by atoms with E-state index in [1.54, 1.807) is 35.2 Å². The van der Waals surface area contributed by atoms with Crippen LogP contribution in [0.3, 0.4) is 0 Å². The quantitative estimate of drug-likeness (QED) is 0.341. The summed E-state index contributed by atoms with van der Waals surface area (Å²) in [7, 11) is -3.73. The third-order valence-corrected chi connectivity index (χ3v) is 6.77. The van der Waals surface area contributed by atoms with Crippen molar-refractivity contribution >= 4 is 32.7 Å². The lowest BCUT2D eigenvalue weighted by atomic mass is 10.1. The van der Waals surface area contributed by atoms with Crippen LogP contribution in [0.2, 0.25) is 0 Å². The molecule has 9 heteroatoms. The molecule has 158 valence electrons. The smallest absolute Gasteiger partial charge is 0.262 e. The molecule has 4 aromatic rings. The number of rotatable bonds is 7. The first-order valence-electron chi connectivity index (χ1n) is 9.55. The van der Waals surface area contributed by atoms with E-state index in [9.17, 15) is 13.2 Å². The summed E-state index contributed by atoms with van der Waals surface area (Å²) in [6.07, 6.45) is 4.06. The first kappa shape index (κ1) is 21.2. The number of aromatic nitrogens is 3. The van der Waals surface area contributed by atoms with Gasteiger partial charge in [0.2, 0.25) is 10.0 Å². The second kappa shape index (κ2) is 9.01. The van der Waals surface area contributed by atoms with Gasteiger partial charge in [-0.05, 0) is 47.9 Å². The van der Waals surface area contributed by atoms with E-state index < -0.39 is 10.0 Å². The number of pyridine rings is 1. The fourth-order valence-corrected chi connectivity index (χ4v) is 4.65. The molecule has 2 aromatic carbocycles. The molecule has 0 spiro atoms. The Hall–Kier alpha value is -3.01. The van der Waals surface area contributed by atoms with Crippen LogP contribution >= 0.6 is 11.8 Å². The van der Waals surface area contributed by atoms with Crippen molar-refractivity contribution in [3.63, 3.8) is 0 Å². The minimum Gasteiger partial charge on any atom is -0.287 e. The molecule has 0 bridgehead atoms. The predicted octanol–water partition coefficient (Wildman–Crippen LogP) is 2.97. The molecule has 2 heterocycles. The monoisotopic (exact) mass is 452 g/mol. The van der Waals surface area contributed by atoms with Crippen molar-refractivity contribution in [2.24, 2.45) is 5.14 Å². The van der Waals surface area contributed by atoms with Gasteiger partial charge in [-0.1, -0.05) is 42.1 Å². The van der Waals surface area contributed by atoms with E-state index in [-0.39, 0.29) is 10.5 Å². The average Bonchev–Trinajstić information content (AvgIpc) is 2.77. The molecular weight excluding hydrogens is 432 g/mol. The van der Waals surface area contributed by atoms with Gasteiger partial charge in [-0.25, -0.2) is 18.5 Å². The van der Waals surface area contributed by atoms with Crippen molar-refractivity contribution in [1.82, 2.24) is 14.5 Å². The van der Waals surface area contributed by atoms with Crippen molar-refractivity contribution in [1.29, 1.82) is 0 Å². The lowest BCUT2D eigenvalue weighted by Gasteiger charge is -2.13. The zero-order valence-electron chi connectivity index (χ0n) is 16.5. The van der Waals surface area contributed by atoms with Crippen LogP contribution in [-0.2, 0) is 28.7 Å². The zero-order valence-corrected chi connectivity index (χ0v) is 18.1. The number of hydrogen-bond acceptors (Lipinski definition) is 6. The van der Waals surface area contributed by atoms with E-state index in [1.165, 1.54) is 23.9 Å². The maximum Gasteiger partial charge on any atom is 0.262 e. The van der Waals surface area contributed by atoms with Gasteiger partial charge >= 0.3 is 0 Å². The minimum absolute atomic E-state index is 0.0634. The maximum absolute atomic E-state index is 13.2. The topological polar surface area (TPSA) is 108 Å². The first-order valence-corrected chi connectivity index (χ1v) is 12.1. The summed E-state index contributed by atoms with van der Waals surface area (Å²) >= 11 is 1.49. The minimum atomic E-state index is -3.73. The number of sulfonamides is 1. The number of fused-ring (bicyclic) bond motifs is 1. The van der Waals surface area contributed by atoms with Crippen molar-refractivity contribution < 1.29 is 8.42 Å². The summed E-state index contributed by atoms with van der Waals surface area (Å²) in [5.41, 5.74) is 2.51. The highest BCUT2D eigenvalue weighted by Crippen LogP contribution is 2.22. The number of nitrogens with two attached hydrogens (primary N) is 1. The number of benzene rings is 2. The Bertz CT molecular complexity index is 1370. The summed E-state index contributed by atoms with van der Waals surface area (Å²) in [5.74, 6) is 0.641. The molecule has 0 fully saturated rings. The van der Waals surface area contributed by atoms with E-state index in [0.717, 1.165) is 11.1 Å². The van der Waals surface area contributed by atoms with Crippen LogP contribution in [0, 0.1) is 0 Å². The Labute approximate surface area is 184 Å². The van der Waals surface area contributed by atoms with E-state index >= 15 is 0 Å². The summed E-state index contributed by atoms with van der Waals surface area (Å²) in [6, 6.07) is 17.5. The van der Waals surface area contributed by atoms with E-state index in [4.69, 9.17) is 10.1 Å². The number of primary sulfonamides is 1. The molecular formula is C22H20N4O3S2. The molecule has 0 aliphatic heterocycles. The molecule has 0 radical (unpaired) electrons. The van der Waals surface area contributed by atoms with E-state index in [0.29, 0.717) is 34.8 Å². The van der Waals surface area contributed by atoms with Gasteiger partial charge in [0, 0.05) is 24.7 Å². The predicted molar refractivity (Wildman–Crippen MR) is 121 cm³/mol. The Morgan fingerprint density at radius 2 is 1.74 bits per heavy atom. The highest BCUT2D eigenvalue weighted by atomic mass is 32.2. The first-order chi connectivity index (χ1) is 14.9. The number of nitrogens with zero attached hydrogens (tertiary/aromatic N) is 3. The van der Waals surface area contributed by atoms with Gasteiger partial charge in [-0.15, -0.1) is 0 Å². The van der Waals surface area contributed by atoms with Crippen LogP contribution in [0.25, 0.3) is 10.9 Å². The fourth-order valence-electron chi connectivity index (χ4n) is 3.17. The molecule has 0 amide bonds. The summed E-state index contributed by atoms with van der Waals surface area (Å²) in [5, 5.41) is 6.36. The van der Waals surface area contributed by atoms with Gasteiger partial charge < -0.3 is 0 Å². The van der Waals surface area contributed by atoms with Crippen molar-refractivity contribution in [2.75, 3.05) is 0 Å². The highest BCUT2D eigenvalue weighted by molar-refractivity contribution is 7.98. The van der Waals surface area contributed by atoms with Crippen molar-refractivity contribution in [2.45, 2.75) is 28.8 Å². The number of hydrogen-bond donors (Lipinski definition) is 1. The Kier molecular flexibility index (Phi) is 6.17. The van der Waals surface area contributed by atoms with Crippen molar-refractivity contribution in [3.8, 4) is 0 Å².